The number of hydrogen-bond acceptors (Lipinski definition) is 9. The van der Waals surface area contributed by atoms with Crippen molar-refractivity contribution in [1.29, 1.82) is 0 Å². The highest BCUT2D eigenvalue weighted by Crippen LogP contribution is 2.43. The molecule has 2 aromatic heterocycles. The van der Waals surface area contributed by atoms with Crippen molar-refractivity contribution in [2.45, 2.75) is 38.3 Å². The monoisotopic (exact) mass is 524 g/mol. The van der Waals surface area contributed by atoms with Crippen LogP contribution < -0.4 is 14.8 Å². The van der Waals surface area contributed by atoms with Crippen molar-refractivity contribution in [2.24, 2.45) is 0 Å². The highest BCUT2D eigenvalue weighted by Gasteiger charge is 2.31. The minimum Gasteiger partial charge on any atom is -0.483 e. The molecular weight excluding hydrogens is 499 g/mol. The largest absolute Gasteiger partial charge is 0.483 e. The molecule has 4 aromatic rings. The molecule has 0 spiro atoms. The predicted molar refractivity (Wildman–Crippen MR) is 136 cm³/mol. The average Bonchev–Trinajstić information content (AvgIpc) is 3.52. The zero-order chi connectivity index (χ0) is 25.5. The van der Waals surface area contributed by atoms with Crippen molar-refractivity contribution in [1.82, 2.24) is 20.3 Å². The summed E-state index contributed by atoms with van der Waals surface area (Å²) in [4.78, 5) is 26.0. The Hall–Kier alpha value is -3.57. The van der Waals surface area contributed by atoms with Crippen LogP contribution in [0.5, 0.6) is 11.6 Å². The van der Waals surface area contributed by atoms with Gasteiger partial charge in [-0.25, -0.2) is 24.1 Å². The van der Waals surface area contributed by atoms with E-state index >= 15 is 0 Å². The van der Waals surface area contributed by atoms with Crippen LogP contribution in [0, 0.1) is 12.7 Å². The number of halogens is 1. The number of aromatic nitrogens is 3. The zero-order valence-corrected chi connectivity index (χ0v) is 21.2. The van der Waals surface area contributed by atoms with E-state index in [9.17, 15) is 9.18 Å². The third-order valence-corrected chi connectivity index (χ3v) is 7.71. The summed E-state index contributed by atoms with van der Waals surface area (Å²) < 4.78 is 37.6. The Morgan fingerprint density at radius 1 is 1.22 bits per heavy atom. The topological polar surface area (TPSA) is 105 Å². The fraction of sp³-hybridized carbons (Fsp3) is 0.385. The Bertz CT molecular complexity index is 1500. The van der Waals surface area contributed by atoms with Crippen LogP contribution >= 0.6 is 11.3 Å². The molecule has 0 saturated carbocycles. The van der Waals surface area contributed by atoms with Crippen LogP contribution in [0.2, 0.25) is 0 Å². The van der Waals surface area contributed by atoms with Crippen molar-refractivity contribution in [3.05, 3.63) is 41.3 Å². The summed E-state index contributed by atoms with van der Waals surface area (Å²) in [6, 6.07) is 5.37. The second-order valence-electron chi connectivity index (χ2n) is 9.20. The standard InChI is InChI=1S/C26H25FN4O5S/c1-13-7-16(22-19(8-13)30-21(33-2)11-28-22)25-31-20-10-18(27)23-17(24(20)37-25)9-15(36-23)12-35-26(32)29-14-3-5-34-6-4-14/h7-8,10-11,14-15H,3-6,9,12H2,1-2H3,(H,29,32)/t15-/m0/s1. The molecule has 11 heteroatoms. The number of nitrogens with zero attached hydrogens (tertiary/aromatic N) is 3. The van der Waals surface area contributed by atoms with E-state index in [1.807, 2.05) is 19.1 Å². The molecular formula is C26H25FN4O5S. The molecule has 0 bridgehead atoms. The van der Waals surface area contributed by atoms with Crippen molar-refractivity contribution < 1.29 is 28.1 Å². The van der Waals surface area contributed by atoms with Gasteiger partial charge in [0.25, 0.3) is 0 Å². The molecule has 2 aromatic carbocycles. The summed E-state index contributed by atoms with van der Waals surface area (Å²) >= 11 is 1.46. The van der Waals surface area contributed by atoms with Crippen LogP contribution in [0.3, 0.4) is 0 Å². The number of alkyl carbamates (subject to hydrolysis) is 1. The zero-order valence-electron chi connectivity index (χ0n) is 20.4. The van der Waals surface area contributed by atoms with Crippen LogP contribution in [-0.4, -0.2) is 60.1 Å². The van der Waals surface area contributed by atoms with Gasteiger partial charge in [0.2, 0.25) is 5.88 Å². The summed E-state index contributed by atoms with van der Waals surface area (Å²) in [6.07, 6.45) is 2.53. The summed E-state index contributed by atoms with van der Waals surface area (Å²) in [5, 5.41) is 3.57. The number of carbonyl (C=O) groups is 1. The molecule has 4 heterocycles. The molecule has 1 amide bonds. The van der Waals surface area contributed by atoms with Gasteiger partial charge in [-0.1, -0.05) is 0 Å². The van der Waals surface area contributed by atoms with Gasteiger partial charge in [-0.2, -0.15) is 0 Å². The van der Waals surface area contributed by atoms with Gasteiger partial charge in [0.05, 0.1) is 34.6 Å². The minimum absolute atomic E-state index is 0.0241. The van der Waals surface area contributed by atoms with Gasteiger partial charge < -0.3 is 24.3 Å². The molecule has 9 nitrogen and oxygen atoms in total. The van der Waals surface area contributed by atoms with E-state index in [-0.39, 0.29) is 18.4 Å². The lowest BCUT2D eigenvalue weighted by atomic mass is 10.1. The number of hydrogen-bond donors (Lipinski definition) is 1. The number of thiazole rings is 1. The van der Waals surface area contributed by atoms with Gasteiger partial charge in [-0.05, 0) is 37.5 Å². The van der Waals surface area contributed by atoms with Crippen LogP contribution in [0.15, 0.2) is 24.4 Å². The third kappa shape index (κ3) is 4.64. The summed E-state index contributed by atoms with van der Waals surface area (Å²) in [6.45, 7) is 3.25. The number of carbonyl (C=O) groups excluding carboxylic acids is 1. The van der Waals surface area contributed by atoms with Crippen LogP contribution in [0.1, 0.15) is 24.0 Å². The molecule has 1 atom stereocenters. The summed E-state index contributed by atoms with van der Waals surface area (Å²) in [5.74, 6) is 0.145. The summed E-state index contributed by atoms with van der Waals surface area (Å²) in [5.41, 5.74) is 4.51. The number of ether oxygens (including phenoxy) is 4. The lowest BCUT2D eigenvalue weighted by Gasteiger charge is -2.23. The predicted octanol–water partition coefficient (Wildman–Crippen LogP) is 4.57. The van der Waals surface area contributed by atoms with E-state index in [1.165, 1.54) is 17.4 Å². The first-order chi connectivity index (χ1) is 18.0. The quantitative estimate of drug-likeness (QED) is 0.405. The van der Waals surface area contributed by atoms with Gasteiger partial charge in [0, 0.05) is 42.9 Å². The third-order valence-electron chi connectivity index (χ3n) is 6.55. The van der Waals surface area contributed by atoms with Gasteiger partial charge >= 0.3 is 6.09 Å². The number of benzene rings is 2. The fourth-order valence-corrected chi connectivity index (χ4v) is 5.88. The van der Waals surface area contributed by atoms with Crippen LogP contribution in [0.4, 0.5) is 9.18 Å². The number of amides is 1. The van der Waals surface area contributed by atoms with Gasteiger partial charge in [0.1, 0.15) is 17.7 Å². The maximum atomic E-state index is 15.0. The fourth-order valence-electron chi connectivity index (χ4n) is 4.76. The number of methoxy groups -OCH3 is 1. The Kier molecular flexibility index (Phi) is 6.25. The molecule has 1 saturated heterocycles. The van der Waals surface area contributed by atoms with Crippen molar-refractivity contribution in [2.75, 3.05) is 26.9 Å². The Morgan fingerprint density at radius 2 is 2.05 bits per heavy atom. The Morgan fingerprint density at radius 3 is 2.86 bits per heavy atom. The maximum absolute atomic E-state index is 15.0. The summed E-state index contributed by atoms with van der Waals surface area (Å²) in [7, 11) is 1.55. The molecule has 37 heavy (non-hydrogen) atoms. The lowest BCUT2D eigenvalue weighted by Crippen LogP contribution is -2.40. The molecule has 2 aliphatic rings. The van der Waals surface area contributed by atoms with E-state index in [0.717, 1.165) is 34.2 Å². The van der Waals surface area contributed by atoms with Crippen LogP contribution in [0.25, 0.3) is 31.8 Å². The first-order valence-electron chi connectivity index (χ1n) is 12.1. The SMILES string of the molecule is COc1cnc2c(-c3nc4cc(F)c5c(c4s3)C[C@@H](COC(=O)NC3CCOCC3)O5)cc(C)cc2n1. The minimum atomic E-state index is -0.499. The number of fused-ring (bicyclic) bond motifs is 4. The van der Waals surface area contributed by atoms with Crippen molar-refractivity contribution >= 4 is 38.7 Å². The van der Waals surface area contributed by atoms with Gasteiger partial charge in [0.15, 0.2) is 11.6 Å². The Balaban J connectivity index is 1.25. The maximum Gasteiger partial charge on any atom is 0.407 e. The van der Waals surface area contributed by atoms with Gasteiger partial charge in [-0.3, -0.25) is 0 Å². The van der Waals surface area contributed by atoms with Gasteiger partial charge in [-0.15, -0.1) is 11.3 Å². The number of rotatable bonds is 5. The van der Waals surface area contributed by atoms with E-state index in [2.05, 4.69) is 15.3 Å². The van der Waals surface area contributed by atoms with Crippen LogP contribution in [-0.2, 0) is 15.9 Å². The smallest absolute Gasteiger partial charge is 0.407 e. The normalized spacial score (nSPS) is 17.5. The molecule has 2 aliphatic heterocycles. The Labute approximate surface area is 215 Å². The highest BCUT2D eigenvalue weighted by molar-refractivity contribution is 7.22. The number of nitrogens with one attached hydrogen (secondary N) is 1. The lowest BCUT2D eigenvalue weighted by molar-refractivity contribution is 0.0645. The molecule has 0 radical (unpaired) electrons. The van der Waals surface area contributed by atoms with Crippen molar-refractivity contribution in [3.8, 4) is 22.2 Å². The van der Waals surface area contributed by atoms with Crippen molar-refractivity contribution in [3.63, 3.8) is 0 Å². The second kappa shape index (κ2) is 9.71. The molecule has 1 N–H and O–H groups in total. The highest BCUT2D eigenvalue weighted by atomic mass is 32.1. The van der Waals surface area contributed by atoms with E-state index in [0.29, 0.717) is 47.1 Å². The molecule has 1 fully saturated rings. The molecule has 0 aliphatic carbocycles. The second-order valence-corrected chi connectivity index (χ2v) is 10.2. The van der Waals surface area contributed by atoms with E-state index < -0.39 is 18.0 Å². The molecule has 0 unspecified atom stereocenters. The first kappa shape index (κ1) is 23.8. The molecule has 192 valence electrons. The number of aryl methyl sites for hydroxylation is 1. The first-order valence-corrected chi connectivity index (χ1v) is 12.9. The average molecular weight is 525 g/mol. The molecule has 6 rings (SSSR count). The van der Waals surface area contributed by atoms with E-state index in [4.69, 9.17) is 23.9 Å². The van der Waals surface area contributed by atoms with E-state index in [1.54, 1.807) is 13.3 Å².